The summed E-state index contributed by atoms with van der Waals surface area (Å²) in [6.45, 7) is 1.38. The number of carbonyl (C=O) groups excluding carboxylic acids is 1. The van der Waals surface area contributed by atoms with E-state index in [-0.39, 0.29) is 17.2 Å². The van der Waals surface area contributed by atoms with E-state index in [9.17, 15) is 14.9 Å². The summed E-state index contributed by atoms with van der Waals surface area (Å²) in [5, 5.41) is 13.8. The lowest BCUT2D eigenvalue weighted by molar-refractivity contribution is -0.385. The highest BCUT2D eigenvalue weighted by Gasteiger charge is 2.24. The number of hydrogen-bond donors (Lipinski definition) is 1. The van der Waals surface area contributed by atoms with Gasteiger partial charge in [0.05, 0.1) is 4.92 Å². The largest absolute Gasteiger partial charge is 0.373 e. The van der Waals surface area contributed by atoms with E-state index >= 15 is 0 Å². The monoisotopic (exact) mass is 295 g/mol. The molecule has 1 rings (SSSR count). The zero-order valence-electron chi connectivity index (χ0n) is 12.8. The van der Waals surface area contributed by atoms with Crippen molar-refractivity contribution in [2.75, 3.05) is 46.6 Å². The normalized spacial score (nSPS) is 10.5. The van der Waals surface area contributed by atoms with Crippen molar-refractivity contribution >= 4 is 17.4 Å². The molecule has 0 saturated heterocycles. The van der Waals surface area contributed by atoms with Crippen molar-refractivity contribution in [3.05, 3.63) is 27.9 Å². The fourth-order valence-electron chi connectivity index (χ4n) is 1.83. The van der Waals surface area contributed by atoms with Gasteiger partial charge in [0.25, 0.3) is 11.6 Å². The first kappa shape index (κ1) is 16.8. The minimum absolute atomic E-state index is 0.0479. The first-order chi connectivity index (χ1) is 9.86. The summed E-state index contributed by atoms with van der Waals surface area (Å²) in [6.07, 6.45) is 1.90. The number of pyridine rings is 1. The van der Waals surface area contributed by atoms with Crippen LogP contribution in [0.4, 0.5) is 11.5 Å². The zero-order valence-corrected chi connectivity index (χ0v) is 12.8. The molecule has 1 heterocycles. The standard InChI is InChI=1S/C13H21N5O3/c1-14-12-8-10(11(9-15-12)18(20)21)13(19)17(4)7-5-6-16(2)3/h8-9H,5-7H2,1-4H3,(H,14,15). The van der Waals surface area contributed by atoms with E-state index in [1.54, 1.807) is 14.1 Å². The number of aromatic nitrogens is 1. The van der Waals surface area contributed by atoms with Gasteiger partial charge in [0.15, 0.2) is 0 Å². The molecule has 0 atom stereocenters. The molecule has 0 saturated carbocycles. The second kappa shape index (κ2) is 7.53. The van der Waals surface area contributed by atoms with Gasteiger partial charge in [-0.2, -0.15) is 0 Å². The topological polar surface area (TPSA) is 91.6 Å². The van der Waals surface area contributed by atoms with Crippen LogP contribution in [0.2, 0.25) is 0 Å². The average molecular weight is 295 g/mol. The highest BCUT2D eigenvalue weighted by atomic mass is 16.6. The van der Waals surface area contributed by atoms with Gasteiger partial charge in [-0.1, -0.05) is 0 Å². The Morgan fingerprint density at radius 1 is 1.38 bits per heavy atom. The fraction of sp³-hybridized carbons (Fsp3) is 0.538. The maximum absolute atomic E-state index is 12.4. The minimum Gasteiger partial charge on any atom is -0.373 e. The number of carbonyl (C=O) groups is 1. The summed E-state index contributed by atoms with van der Waals surface area (Å²) in [7, 11) is 7.19. The number of rotatable bonds is 7. The summed E-state index contributed by atoms with van der Waals surface area (Å²) in [5.74, 6) is 0.0463. The molecule has 0 bridgehead atoms. The number of nitrogens with zero attached hydrogens (tertiary/aromatic N) is 4. The molecule has 8 heteroatoms. The number of hydrogen-bond acceptors (Lipinski definition) is 6. The number of anilines is 1. The summed E-state index contributed by atoms with van der Waals surface area (Å²) in [6, 6.07) is 1.41. The fourth-order valence-corrected chi connectivity index (χ4v) is 1.83. The Bertz CT molecular complexity index is 519. The SMILES string of the molecule is CNc1cc(C(=O)N(C)CCCN(C)C)c([N+](=O)[O-])cn1. The molecule has 0 radical (unpaired) electrons. The predicted molar refractivity (Wildman–Crippen MR) is 80.6 cm³/mol. The summed E-state index contributed by atoms with van der Waals surface area (Å²) >= 11 is 0. The van der Waals surface area contributed by atoms with Crippen LogP contribution in [-0.4, -0.2) is 66.9 Å². The number of nitro groups is 1. The lowest BCUT2D eigenvalue weighted by atomic mass is 10.2. The van der Waals surface area contributed by atoms with Gasteiger partial charge < -0.3 is 15.1 Å². The van der Waals surface area contributed by atoms with E-state index in [1.165, 1.54) is 11.0 Å². The lowest BCUT2D eigenvalue weighted by Crippen LogP contribution is -2.30. The molecule has 0 spiro atoms. The first-order valence-corrected chi connectivity index (χ1v) is 6.59. The molecule has 0 aromatic carbocycles. The molecule has 1 aromatic rings. The Hall–Kier alpha value is -2.22. The van der Waals surface area contributed by atoms with Crippen LogP contribution in [0.25, 0.3) is 0 Å². The maximum Gasteiger partial charge on any atom is 0.300 e. The van der Waals surface area contributed by atoms with Gasteiger partial charge in [0.2, 0.25) is 0 Å². The highest BCUT2D eigenvalue weighted by Crippen LogP contribution is 2.21. The highest BCUT2D eigenvalue weighted by molar-refractivity contribution is 5.98. The van der Waals surface area contributed by atoms with Crippen molar-refractivity contribution in [3.8, 4) is 0 Å². The van der Waals surface area contributed by atoms with E-state index in [0.29, 0.717) is 12.4 Å². The van der Waals surface area contributed by atoms with Crippen molar-refractivity contribution in [1.82, 2.24) is 14.8 Å². The van der Waals surface area contributed by atoms with Crippen molar-refractivity contribution in [2.45, 2.75) is 6.42 Å². The van der Waals surface area contributed by atoms with Crippen LogP contribution >= 0.6 is 0 Å². The minimum atomic E-state index is -0.590. The van der Waals surface area contributed by atoms with Crippen LogP contribution in [0, 0.1) is 10.1 Å². The maximum atomic E-state index is 12.4. The Balaban J connectivity index is 2.91. The zero-order chi connectivity index (χ0) is 16.0. The predicted octanol–water partition coefficient (Wildman–Crippen LogP) is 1.06. The molecular formula is C13H21N5O3. The number of nitrogens with one attached hydrogen (secondary N) is 1. The number of amides is 1. The Morgan fingerprint density at radius 3 is 2.57 bits per heavy atom. The molecule has 0 fully saturated rings. The molecule has 0 unspecified atom stereocenters. The molecule has 0 aliphatic heterocycles. The van der Waals surface area contributed by atoms with Gasteiger partial charge >= 0.3 is 0 Å². The third-order valence-corrected chi connectivity index (χ3v) is 3.01. The molecule has 21 heavy (non-hydrogen) atoms. The van der Waals surface area contributed by atoms with Gasteiger partial charge in [-0.25, -0.2) is 4.98 Å². The molecule has 0 aliphatic carbocycles. The lowest BCUT2D eigenvalue weighted by Gasteiger charge is -2.18. The van der Waals surface area contributed by atoms with Crippen LogP contribution in [0.5, 0.6) is 0 Å². The van der Waals surface area contributed by atoms with Gasteiger partial charge in [0, 0.05) is 26.7 Å². The summed E-state index contributed by atoms with van der Waals surface area (Å²) in [5.41, 5.74) is -0.231. The van der Waals surface area contributed by atoms with Crippen molar-refractivity contribution in [3.63, 3.8) is 0 Å². The van der Waals surface area contributed by atoms with E-state index in [2.05, 4.69) is 10.3 Å². The van der Waals surface area contributed by atoms with Crippen LogP contribution < -0.4 is 5.32 Å². The molecule has 1 aromatic heterocycles. The van der Waals surface area contributed by atoms with Crippen LogP contribution in [0.15, 0.2) is 12.3 Å². The molecule has 0 aliphatic rings. The van der Waals surface area contributed by atoms with E-state index in [4.69, 9.17) is 0 Å². The van der Waals surface area contributed by atoms with E-state index in [1.807, 2.05) is 19.0 Å². The van der Waals surface area contributed by atoms with Crippen LogP contribution in [0.1, 0.15) is 16.8 Å². The first-order valence-electron chi connectivity index (χ1n) is 6.59. The molecule has 1 N–H and O–H groups in total. The van der Waals surface area contributed by atoms with E-state index < -0.39 is 4.92 Å². The average Bonchev–Trinajstić information content (AvgIpc) is 2.45. The Labute approximate surface area is 123 Å². The van der Waals surface area contributed by atoms with Gasteiger partial charge in [-0.15, -0.1) is 0 Å². The molecule has 116 valence electrons. The Kier molecular flexibility index (Phi) is 6.04. The van der Waals surface area contributed by atoms with Gasteiger partial charge in [-0.3, -0.25) is 14.9 Å². The van der Waals surface area contributed by atoms with Gasteiger partial charge in [0.1, 0.15) is 17.6 Å². The summed E-state index contributed by atoms with van der Waals surface area (Å²) in [4.78, 5) is 30.2. The van der Waals surface area contributed by atoms with Crippen LogP contribution in [0.3, 0.4) is 0 Å². The molecular weight excluding hydrogens is 274 g/mol. The van der Waals surface area contributed by atoms with E-state index in [0.717, 1.165) is 19.2 Å². The summed E-state index contributed by atoms with van der Waals surface area (Å²) < 4.78 is 0. The molecule has 1 amide bonds. The van der Waals surface area contributed by atoms with Crippen molar-refractivity contribution < 1.29 is 9.72 Å². The third kappa shape index (κ3) is 4.67. The van der Waals surface area contributed by atoms with Crippen molar-refractivity contribution in [2.24, 2.45) is 0 Å². The van der Waals surface area contributed by atoms with Crippen molar-refractivity contribution in [1.29, 1.82) is 0 Å². The second-order valence-corrected chi connectivity index (χ2v) is 4.98. The quantitative estimate of drug-likeness (QED) is 0.597. The molecule has 8 nitrogen and oxygen atoms in total. The smallest absolute Gasteiger partial charge is 0.300 e. The third-order valence-electron chi connectivity index (χ3n) is 3.01. The second-order valence-electron chi connectivity index (χ2n) is 4.98. The Morgan fingerprint density at radius 2 is 2.05 bits per heavy atom. The van der Waals surface area contributed by atoms with Crippen LogP contribution in [-0.2, 0) is 0 Å². The van der Waals surface area contributed by atoms with Gasteiger partial charge in [-0.05, 0) is 27.1 Å².